The topological polar surface area (TPSA) is 98.2 Å². The molecule has 1 heterocycles. The average molecular weight is 416 g/mol. The molecule has 0 saturated heterocycles. The van der Waals surface area contributed by atoms with E-state index in [1.807, 2.05) is 20.8 Å². The number of nitrogens with two attached hydrogens (primary N) is 1. The van der Waals surface area contributed by atoms with Gasteiger partial charge in [0, 0.05) is 18.2 Å². The zero-order valence-electron chi connectivity index (χ0n) is 17.5. The van der Waals surface area contributed by atoms with Crippen LogP contribution in [0, 0.1) is 18.6 Å². The molecule has 0 fully saturated rings. The van der Waals surface area contributed by atoms with Crippen molar-refractivity contribution in [1.29, 1.82) is 0 Å². The molecule has 1 aromatic carbocycles. The fraction of sp³-hybridized carbons (Fsp3) is 0.333. The summed E-state index contributed by atoms with van der Waals surface area (Å²) in [7, 11) is 0. The van der Waals surface area contributed by atoms with E-state index in [2.05, 4.69) is 20.5 Å². The van der Waals surface area contributed by atoms with Gasteiger partial charge in [0.1, 0.15) is 17.5 Å². The summed E-state index contributed by atoms with van der Waals surface area (Å²) in [5.74, 6) is -1.51. The smallest absolute Gasteiger partial charge is 0.254 e. The molecule has 0 radical (unpaired) electrons. The minimum atomic E-state index is -0.734. The van der Waals surface area contributed by atoms with E-state index in [4.69, 9.17) is 5.73 Å². The van der Waals surface area contributed by atoms with Gasteiger partial charge < -0.3 is 11.1 Å². The van der Waals surface area contributed by atoms with E-state index in [-0.39, 0.29) is 23.5 Å². The second-order valence-electron chi connectivity index (χ2n) is 6.67. The summed E-state index contributed by atoms with van der Waals surface area (Å²) >= 11 is 0. The van der Waals surface area contributed by atoms with Gasteiger partial charge in [-0.2, -0.15) is 10.2 Å². The molecule has 7 nitrogen and oxygen atoms in total. The van der Waals surface area contributed by atoms with Gasteiger partial charge in [-0.3, -0.25) is 4.79 Å². The highest BCUT2D eigenvalue weighted by Crippen LogP contribution is 2.15. The fourth-order valence-corrected chi connectivity index (χ4v) is 2.54. The predicted molar refractivity (Wildman–Crippen MR) is 112 cm³/mol. The Labute approximate surface area is 174 Å². The second kappa shape index (κ2) is 10.4. The van der Waals surface area contributed by atoms with E-state index in [0.717, 1.165) is 17.7 Å². The van der Waals surface area contributed by atoms with Crippen molar-refractivity contribution in [3.05, 3.63) is 64.5 Å². The number of amidine groups is 1. The summed E-state index contributed by atoms with van der Waals surface area (Å²) in [6.45, 7) is 7.39. The number of aromatic nitrogens is 3. The molecule has 0 aliphatic heterocycles. The van der Waals surface area contributed by atoms with Gasteiger partial charge in [-0.25, -0.2) is 13.8 Å². The van der Waals surface area contributed by atoms with Crippen LogP contribution < -0.4 is 11.1 Å². The number of carbonyl (C=O) groups excluding carboxylic acids is 1. The van der Waals surface area contributed by atoms with Gasteiger partial charge in [0.05, 0.1) is 17.5 Å². The first-order valence-electron chi connectivity index (χ1n) is 9.62. The Hall–Kier alpha value is -3.36. The van der Waals surface area contributed by atoms with Crippen LogP contribution in [0.15, 0.2) is 46.6 Å². The van der Waals surface area contributed by atoms with Gasteiger partial charge in [0.25, 0.3) is 5.91 Å². The summed E-state index contributed by atoms with van der Waals surface area (Å²) in [6.07, 6.45) is 4.46. The molecule has 3 N–H and O–H groups in total. The Morgan fingerprint density at radius 3 is 2.63 bits per heavy atom. The molecule has 2 aromatic rings. The summed E-state index contributed by atoms with van der Waals surface area (Å²) < 4.78 is 26.9. The first-order chi connectivity index (χ1) is 14.3. The van der Waals surface area contributed by atoms with E-state index in [9.17, 15) is 13.6 Å². The van der Waals surface area contributed by atoms with E-state index in [1.54, 1.807) is 19.2 Å². The summed E-state index contributed by atoms with van der Waals surface area (Å²) in [6, 6.07) is 3.18. The molecule has 0 aliphatic carbocycles. The van der Waals surface area contributed by atoms with Crippen molar-refractivity contribution in [2.75, 3.05) is 0 Å². The molecule has 0 atom stereocenters. The largest absolute Gasteiger partial charge is 0.383 e. The van der Waals surface area contributed by atoms with Crippen LogP contribution in [0.3, 0.4) is 0 Å². The molecule has 0 spiro atoms. The van der Waals surface area contributed by atoms with Crippen LogP contribution in [-0.4, -0.2) is 26.7 Å². The van der Waals surface area contributed by atoms with Crippen LogP contribution in [0.5, 0.6) is 0 Å². The van der Waals surface area contributed by atoms with Crippen LogP contribution in [0.2, 0.25) is 0 Å². The van der Waals surface area contributed by atoms with Crippen LogP contribution in [0.25, 0.3) is 5.82 Å². The molecule has 0 bridgehead atoms. The molecule has 0 saturated carbocycles. The Morgan fingerprint density at radius 2 is 2.07 bits per heavy atom. The summed E-state index contributed by atoms with van der Waals surface area (Å²) in [5.41, 5.74) is 8.08. The summed E-state index contributed by atoms with van der Waals surface area (Å²) in [5, 5.41) is 11.0. The lowest BCUT2D eigenvalue weighted by Gasteiger charge is -2.11. The van der Waals surface area contributed by atoms with E-state index in [1.165, 1.54) is 10.9 Å². The lowest BCUT2D eigenvalue weighted by Crippen LogP contribution is -2.32. The monoisotopic (exact) mass is 416 g/mol. The van der Waals surface area contributed by atoms with Crippen molar-refractivity contribution in [2.24, 2.45) is 10.7 Å². The molecule has 0 unspecified atom stereocenters. The Kier molecular flexibility index (Phi) is 7.97. The maximum Gasteiger partial charge on any atom is 0.254 e. The van der Waals surface area contributed by atoms with Gasteiger partial charge in [-0.15, -0.1) is 4.80 Å². The number of allylic oxidation sites excluding steroid dienone is 2. The Bertz CT molecular complexity index is 1010. The molecule has 1 aromatic heterocycles. The van der Waals surface area contributed by atoms with E-state index < -0.39 is 17.5 Å². The quantitative estimate of drug-likeness (QED) is 0.391. The van der Waals surface area contributed by atoms with Crippen molar-refractivity contribution >= 4 is 17.6 Å². The summed E-state index contributed by atoms with van der Waals surface area (Å²) in [4.78, 5) is 18.5. The van der Waals surface area contributed by atoms with E-state index >= 15 is 0 Å². The number of hydrogen-bond acceptors (Lipinski definition) is 4. The van der Waals surface area contributed by atoms with Crippen molar-refractivity contribution in [2.45, 2.75) is 47.1 Å². The zero-order chi connectivity index (χ0) is 22.3. The molecular weight excluding hydrogens is 390 g/mol. The number of halogens is 2. The first kappa shape index (κ1) is 22.9. The first-order valence-corrected chi connectivity index (χ1v) is 9.62. The zero-order valence-corrected chi connectivity index (χ0v) is 17.5. The minimum Gasteiger partial charge on any atom is -0.383 e. The highest BCUT2D eigenvalue weighted by atomic mass is 19.1. The predicted octanol–water partition coefficient (Wildman–Crippen LogP) is 3.47. The van der Waals surface area contributed by atoms with Crippen LogP contribution in [-0.2, 0) is 11.3 Å². The lowest BCUT2D eigenvalue weighted by molar-refractivity contribution is -0.117. The van der Waals surface area contributed by atoms with Gasteiger partial charge in [0.15, 0.2) is 5.82 Å². The lowest BCUT2D eigenvalue weighted by atomic mass is 10.1. The maximum absolute atomic E-state index is 13.8. The third kappa shape index (κ3) is 5.82. The SMILES string of the molecule is CC/C=C(C(=O)NCc1ccc(F)cc1F)/C(N)=N\C(=C(/C)CC)n1ncc(C)n1. The number of aliphatic imine (C=N–C) groups is 1. The number of carbonyl (C=O) groups is 1. The van der Waals surface area contributed by atoms with Crippen molar-refractivity contribution in [1.82, 2.24) is 20.3 Å². The Morgan fingerprint density at radius 1 is 1.33 bits per heavy atom. The highest BCUT2D eigenvalue weighted by Gasteiger charge is 2.16. The van der Waals surface area contributed by atoms with Crippen molar-refractivity contribution in [3.8, 4) is 0 Å². The number of benzene rings is 1. The standard InChI is InChI=1S/C21H26F2N6O/c1-5-7-17(21(30)25-12-15-8-9-16(22)10-18(15)23)19(24)27-20(13(3)6-2)29-26-11-14(4)28-29/h7-11H,5-6,12H2,1-4H3,(H2,24,27)(H,25,30)/b17-7-,20-13-. The molecule has 1 amide bonds. The number of nitrogens with one attached hydrogen (secondary N) is 1. The number of amides is 1. The number of nitrogens with zero attached hydrogens (tertiary/aromatic N) is 4. The van der Waals surface area contributed by atoms with Crippen LogP contribution in [0.1, 0.15) is 44.9 Å². The van der Waals surface area contributed by atoms with E-state index in [0.29, 0.717) is 24.4 Å². The minimum absolute atomic E-state index is 0.00770. The molecule has 30 heavy (non-hydrogen) atoms. The molecule has 160 valence electrons. The normalized spacial score (nSPS) is 13.3. The number of aryl methyl sites for hydroxylation is 1. The van der Waals surface area contributed by atoms with Crippen molar-refractivity contribution in [3.63, 3.8) is 0 Å². The van der Waals surface area contributed by atoms with Crippen LogP contribution in [0.4, 0.5) is 8.78 Å². The third-order valence-electron chi connectivity index (χ3n) is 4.32. The van der Waals surface area contributed by atoms with Gasteiger partial charge in [-0.1, -0.05) is 26.0 Å². The number of rotatable bonds is 8. The van der Waals surface area contributed by atoms with Crippen LogP contribution >= 0.6 is 0 Å². The van der Waals surface area contributed by atoms with Gasteiger partial charge in [-0.05, 0) is 38.3 Å². The fourth-order valence-electron chi connectivity index (χ4n) is 2.54. The van der Waals surface area contributed by atoms with Crippen molar-refractivity contribution < 1.29 is 13.6 Å². The third-order valence-corrected chi connectivity index (χ3v) is 4.32. The number of hydrogen-bond donors (Lipinski definition) is 2. The molecule has 9 heteroatoms. The second-order valence-corrected chi connectivity index (χ2v) is 6.67. The highest BCUT2D eigenvalue weighted by molar-refractivity contribution is 6.20. The average Bonchev–Trinajstić information content (AvgIpc) is 3.14. The maximum atomic E-state index is 13.8. The molecule has 2 rings (SSSR count). The molecule has 0 aliphatic rings. The Balaban J connectivity index is 2.28. The molecular formula is C21H26F2N6O. The van der Waals surface area contributed by atoms with Gasteiger partial charge in [0.2, 0.25) is 0 Å². The van der Waals surface area contributed by atoms with Gasteiger partial charge >= 0.3 is 0 Å².